The molecule has 0 unspecified atom stereocenters. The number of rotatable bonds is 5. The third-order valence-corrected chi connectivity index (χ3v) is 6.78. The molecule has 5 rings (SSSR count). The Balaban J connectivity index is 1.40. The molecular formula is C23H22BrN5OS. The smallest absolute Gasteiger partial charge is 0.230 e. The number of nitrogens with zero attached hydrogens (tertiary/aromatic N) is 4. The summed E-state index contributed by atoms with van der Waals surface area (Å²) in [6, 6.07) is 16.5. The first-order chi connectivity index (χ1) is 15.2. The van der Waals surface area contributed by atoms with Crippen molar-refractivity contribution in [2.45, 2.75) is 19.4 Å². The first kappa shape index (κ1) is 20.4. The molecule has 8 heteroatoms. The summed E-state index contributed by atoms with van der Waals surface area (Å²) >= 11 is 5.04. The molecule has 0 bridgehead atoms. The van der Waals surface area contributed by atoms with Crippen LogP contribution >= 0.6 is 27.3 Å². The average Bonchev–Trinajstić information content (AvgIpc) is 3.41. The van der Waals surface area contributed by atoms with Gasteiger partial charge >= 0.3 is 0 Å². The minimum Gasteiger partial charge on any atom is -0.302 e. The van der Waals surface area contributed by atoms with Crippen molar-refractivity contribution >= 4 is 49.3 Å². The number of fused-ring (bicyclic) bond motifs is 1. The number of anilines is 1. The van der Waals surface area contributed by atoms with Crippen LogP contribution in [0.4, 0.5) is 5.13 Å². The maximum absolute atomic E-state index is 12.7. The Morgan fingerprint density at radius 1 is 1.23 bits per heavy atom. The number of carbonyl (C=O) groups is 1. The van der Waals surface area contributed by atoms with Crippen LogP contribution < -0.4 is 5.32 Å². The molecule has 1 amide bonds. The number of halogens is 1. The highest BCUT2D eigenvalue weighted by atomic mass is 79.9. The molecule has 3 heterocycles. The lowest BCUT2D eigenvalue weighted by Crippen LogP contribution is -2.40. The second kappa shape index (κ2) is 8.90. The van der Waals surface area contributed by atoms with E-state index in [1.807, 2.05) is 35.7 Å². The average molecular weight is 496 g/mol. The number of aromatic nitrogens is 3. The Hall–Kier alpha value is -2.55. The largest absolute Gasteiger partial charge is 0.302 e. The topological polar surface area (TPSA) is 63.1 Å². The fraction of sp³-hybridized carbons (Fsp3) is 0.261. The lowest BCUT2D eigenvalue weighted by Gasteiger charge is -2.31. The zero-order valence-electron chi connectivity index (χ0n) is 16.9. The van der Waals surface area contributed by atoms with Crippen LogP contribution in [0.5, 0.6) is 0 Å². The Morgan fingerprint density at radius 2 is 2.13 bits per heavy atom. The van der Waals surface area contributed by atoms with Crippen LogP contribution in [-0.2, 0) is 11.3 Å². The van der Waals surface area contributed by atoms with Crippen molar-refractivity contribution in [2.75, 3.05) is 18.4 Å². The SMILES string of the molecule is O=C(Nc1nccs1)[C@H]1CCCN(Cc2nc3ccccc3n2-c2cccc(Br)c2)C1. The van der Waals surface area contributed by atoms with E-state index in [1.165, 1.54) is 11.3 Å². The molecule has 1 atom stereocenters. The van der Waals surface area contributed by atoms with E-state index >= 15 is 0 Å². The fourth-order valence-electron chi connectivity index (χ4n) is 4.19. The number of para-hydroxylation sites is 2. The first-order valence-electron chi connectivity index (χ1n) is 10.3. The Bertz CT molecular complexity index is 1210. The summed E-state index contributed by atoms with van der Waals surface area (Å²) in [5.74, 6) is 1.00. The molecule has 1 aliphatic rings. The number of hydrogen-bond acceptors (Lipinski definition) is 5. The Morgan fingerprint density at radius 3 is 2.97 bits per heavy atom. The maximum Gasteiger partial charge on any atom is 0.230 e. The number of benzene rings is 2. The van der Waals surface area contributed by atoms with Crippen molar-refractivity contribution < 1.29 is 4.79 Å². The maximum atomic E-state index is 12.7. The number of amides is 1. The summed E-state index contributed by atoms with van der Waals surface area (Å²) in [5, 5.41) is 5.49. The van der Waals surface area contributed by atoms with E-state index in [1.54, 1.807) is 6.20 Å². The van der Waals surface area contributed by atoms with Crippen LogP contribution in [0.25, 0.3) is 16.7 Å². The molecule has 1 N–H and O–H groups in total. The lowest BCUT2D eigenvalue weighted by molar-refractivity contribution is -0.121. The third kappa shape index (κ3) is 4.42. The van der Waals surface area contributed by atoms with Gasteiger partial charge in [0.15, 0.2) is 5.13 Å². The van der Waals surface area contributed by atoms with Gasteiger partial charge in [-0.15, -0.1) is 11.3 Å². The number of piperidine rings is 1. The van der Waals surface area contributed by atoms with Crippen LogP contribution in [0.3, 0.4) is 0 Å². The molecule has 4 aromatic rings. The van der Waals surface area contributed by atoms with E-state index in [-0.39, 0.29) is 11.8 Å². The molecule has 2 aromatic carbocycles. The number of nitrogens with one attached hydrogen (secondary N) is 1. The molecule has 31 heavy (non-hydrogen) atoms. The van der Waals surface area contributed by atoms with Crippen molar-refractivity contribution in [3.63, 3.8) is 0 Å². The minimum absolute atomic E-state index is 0.0404. The second-order valence-corrected chi connectivity index (χ2v) is 9.54. The number of imidazole rings is 1. The van der Waals surface area contributed by atoms with Crippen LogP contribution in [-0.4, -0.2) is 38.4 Å². The molecule has 2 aromatic heterocycles. The third-order valence-electron chi connectivity index (χ3n) is 5.60. The molecular weight excluding hydrogens is 474 g/mol. The number of hydrogen-bond donors (Lipinski definition) is 1. The predicted octanol–water partition coefficient (Wildman–Crippen LogP) is 5.10. The van der Waals surface area contributed by atoms with Crippen molar-refractivity contribution in [3.05, 3.63) is 70.4 Å². The van der Waals surface area contributed by atoms with Gasteiger partial charge in [0, 0.05) is 28.3 Å². The van der Waals surface area contributed by atoms with Crippen LogP contribution in [0.2, 0.25) is 0 Å². The van der Waals surface area contributed by atoms with Gasteiger partial charge in [0.05, 0.1) is 23.5 Å². The lowest BCUT2D eigenvalue weighted by atomic mass is 9.97. The van der Waals surface area contributed by atoms with Gasteiger partial charge in [-0.25, -0.2) is 9.97 Å². The summed E-state index contributed by atoms with van der Waals surface area (Å²) in [6.07, 6.45) is 3.60. The second-order valence-electron chi connectivity index (χ2n) is 7.73. The zero-order chi connectivity index (χ0) is 21.2. The van der Waals surface area contributed by atoms with Gasteiger partial charge in [-0.1, -0.05) is 34.1 Å². The molecule has 1 aliphatic heterocycles. The summed E-state index contributed by atoms with van der Waals surface area (Å²) in [4.78, 5) is 24.2. The highest BCUT2D eigenvalue weighted by molar-refractivity contribution is 9.10. The summed E-state index contributed by atoms with van der Waals surface area (Å²) in [6.45, 7) is 2.38. The molecule has 0 spiro atoms. The monoisotopic (exact) mass is 495 g/mol. The molecule has 0 aliphatic carbocycles. The van der Waals surface area contributed by atoms with Gasteiger partial charge in [0.25, 0.3) is 0 Å². The van der Waals surface area contributed by atoms with Crippen LogP contribution in [0.15, 0.2) is 64.6 Å². The summed E-state index contributed by atoms with van der Waals surface area (Å²) in [7, 11) is 0. The highest BCUT2D eigenvalue weighted by Gasteiger charge is 2.27. The number of likely N-dealkylation sites (tertiary alicyclic amines) is 1. The normalized spacial score (nSPS) is 17.1. The Labute approximate surface area is 193 Å². The van der Waals surface area contributed by atoms with Crippen molar-refractivity contribution in [1.29, 1.82) is 0 Å². The zero-order valence-corrected chi connectivity index (χ0v) is 19.3. The van der Waals surface area contributed by atoms with E-state index < -0.39 is 0 Å². The van der Waals surface area contributed by atoms with Gasteiger partial charge in [-0.2, -0.15) is 0 Å². The number of thiazole rings is 1. The predicted molar refractivity (Wildman–Crippen MR) is 128 cm³/mol. The molecule has 1 saturated heterocycles. The highest BCUT2D eigenvalue weighted by Crippen LogP contribution is 2.26. The van der Waals surface area contributed by atoms with Crippen molar-refractivity contribution in [1.82, 2.24) is 19.4 Å². The molecule has 6 nitrogen and oxygen atoms in total. The van der Waals surface area contributed by atoms with Crippen LogP contribution in [0, 0.1) is 5.92 Å². The standard InChI is InChI=1S/C23H22BrN5OS/c24-17-6-3-7-18(13-17)29-20-9-2-1-8-19(20)26-21(29)15-28-11-4-5-16(14-28)22(30)27-23-25-10-12-31-23/h1-3,6-10,12-13,16H,4-5,11,14-15H2,(H,25,27,30)/t16-/m0/s1. The summed E-state index contributed by atoms with van der Waals surface area (Å²) < 4.78 is 3.25. The van der Waals surface area contributed by atoms with Gasteiger partial charge in [0.1, 0.15) is 5.82 Å². The van der Waals surface area contributed by atoms with Crippen molar-refractivity contribution in [2.24, 2.45) is 5.92 Å². The van der Waals surface area contributed by atoms with Crippen molar-refractivity contribution in [3.8, 4) is 5.69 Å². The molecule has 1 fully saturated rings. The van der Waals surface area contributed by atoms with Gasteiger partial charge in [-0.05, 0) is 49.7 Å². The van der Waals surface area contributed by atoms with E-state index in [2.05, 4.69) is 53.9 Å². The van der Waals surface area contributed by atoms with E-state index in [9.17, 15) is 4.79 Å². The summed E-state index contributed by atoms with van der Waals surface area (Å²) in [5.41, 5.74) is 3.14. The quantitative estimate of drug-likeness (QED) is 0.418. The Kier molecular flexibility index (Phi) is 5.85. The number of carbonyl (C=O) groups excluding carboxylic acids is 1. The van der Waals surface area contributed by atoms with Gasteiger partial charge in [0.2, 0.25) is 5.91 Å². The van der Waals surface area contributed by atoms with Crippen LogP contribution in [0.1, 0.15) is 18.7 Å². The van der Waals surface area contributed by atoms with Gasteiger partial charge < -0.3 is 5.32 Å². The van der Waals surface area contributed by atoms with E-state index in [4.69, 9.17) is 4.98 Å². The molecule has 0 saturated carbocycles. The minimum atomic E-state index is -0.0404. The van der Waals surface area contributed by atoms with Gasteiger partial charge in [-0.3, -0.25) is 14.3 Å². The fourth-order valence-corrected chi connectivity index (χ4v) is 5.11. The van der Waals surface area contributed by atoms with E-state index in [0.29, 0.717) is 11.7 Å². The molecule has 0 radical (unpaired) electrons. The van der Waals surface area contributed by atoms with E-state index in [0.717, 1.165) is 52.9 Å². The first-order valence-corrected chi connectivity index (χ1v) is 12.0. The molecule has 158 valence electrons.